The minimum Gasteiger partial charge on any atom is -0.465 e. The van der Waals surface area contributed by atoms with Crippen LogP contribution in [0.1, 0.15) is 78.6 Å². The van der Waals surface area contributed by atoms with Crippen molar-refractivity contribution in [1.29, 1.82) is 0 Å². The predicted molar refractivity (Wildman–Crippen MR) is 102 cm³/mol. The summed E-state index contributed by atoms with van der Waals surface area (Å²) in [5, 5.41) is 0. The highest BCUT2D eigenvalue weighted by molar-refractivity contribution is 5.37. The monoisotopic (exact) mass is 357 g/mol. The smallest absolute Gasteiger partial charge is 0.293 e. The van der Waals surface area contributed by atoms with Gasteiger partial charge in [-0.2, -0.15) is 0 Å². The van der Waals surface area contributed by atoms with Crippen molar-refractivity contribution in [1.82, 2.24) is 0 Å². The molecule has 0 saturated heterocycles. The van der Waals surface area contributed by atoms with E-state index in [2.05, 4.69) is 25.6 Å². The Balaban J connectivity index is 1.55. The SMILES string of the molecule is [C-]#[N+][C@H](C)[C@@H]1CC[C@@H]2[C@@H]3CC[C@H]4C[C@@H](OC=O)CC[C@]4(C)[C@H]3CC[C@@]21C. The highest BCUT2D eigenvalue weighted by Gasteiger charge is 2.61. The summed E-state index contributed by atoms with van der Waals surface area (Å²) in [5.41, 5.74) is 0.836. The van der Waals surface area contributed by atoms with Gasteiger partial charge in [0.05, 0.1) is 0 Å². The second-order valence-corrected chi connectivity index (χ2v) is 10.4. The maximum atomic E-state index is 10.8. The molecule has 0 unspecified atom stereocenters. The number of hydrogen-bond donors (Lipinski definition) is 0. The van der Waals surface area contributed by atoms with Crippen LogP contribution in [0.5, 0.6) is 0 Å². The molecule has 26 heavy (non-hydrogen) atoms. The highest BCUT2D eigenvalue weighted by Crippen LogP contribution is 2.68. The van der Waals surface area contributed by atoms with Gasteiger partial charge in [0.15, 0.2) is 0 Å². The molecule has 0 heterocycles. The number of fused-ring (bicyclic) bond motifs is 5. The molecule has 0 spiro atoms. The average Bonchev–Trinajstić information content (AvgIpc) is 2.99. The van der Waals surface area contributed by atoms with Crippen LogP contribution in [-0.4, -0.2) is 18.6 Å². The number of rotatable bonds is 3. The Kier molecular flexibility index (Phi) is 4.61. The second-order valence-electron chi connectivity index (χ2n) is 10.4. The van der Waals surface area contributed by atoms with Gasteiger partial charge in [-0.05, 0) is 92.3 Å². The van der Waals surface area contributed by atoms with Crippen LogP contribution in [0.25, 0.3) is 4.85 Å². The largest absolute Gasteiger partial charge is 0.465 e. The summed E-state index contributed by atoms with van der Waals surface area (Å²) < 4.78 is 5.34. The third-order valence-electron chi connectivity index (χ3n) is 9.72. The van der Waals surface area contributed by atoms with Gasteiger partial charge >= 0.3 is 0 Å². The Morgan fingerprint density at radius 1 is 1.04 bits per heavy atom. The summed E-state index contributed by atoms with van der Waals surface area (Å²) in [5.74, 6) is 3.87. The molecule has 4 fully saturated rings. The summed E-state index contributed by atoms with van der Waals surface area (Å²) in [4.78, 5) is 14.7. The first-order valence-corrected chi connectivity index (χ1v) is 10.9. The number of hydrogen-bond acceptors (Lipinski definition) is 2. The zero-order valence-corrected chi connectivity index (χ0v) is 16.7. The number of carbonyl (C=O) groups excluding carboxylic acids is 1. The first kappa shape index (κ1) is 18.3. The Hall–Kier alpha value is -1.04. The molecule has 3 heteroatoms. The lowest BCUT2D eigenvalue weighted by atomic mass is 9.44. The minimum atomic E-state index is 0.159. The summed E-state index contributed by atoms with van der Waals surface area (Å²) in [7, 11) is 0. The van der Waals surface area contributed by atoms with Crippen LogP contribution < -0.4 is 0 Å². The van der Waals surface area contributed by atoms with E-state index in [1.165, 1.54) is 44.9 Å². The van der Waals surface area contributed by atoms with Gasteiger partial charge in [-0.25, -0.2) is 6.57 Å². The fourth-order valence-corrected chi connectivity index (χ4v) is 8.34. The quantitative estimate of drug-likeness (QED) is 0.493. The Labute approximate surface area is 159 Å². The predicted octanol–water partition coefficient (Wildman–Crippen LogP) is 5.49. The van der Waals surface area contributed by atoms with Crippen molar-refractivity contribution in [3.63, 3.8) is 0 Å². The molecule has 0 radical (unpaired) electrons. The van der Waals surface area contributed by atoms with E-state index in [-0.39, 0.29) is 12.1 Å². The van der Waals surface area contributed by atoms with Gasteiger partial charge in [0, 0.05) is 12.8 Å². The van der Waals surface area contributed by atoms with Gasteiger partial charge in [0.2, 0.25) is 6.04 Å². The lowest BCUT2D eigenvalue weighted by Crippen LogP contribution is -2.54. The van der Waals surface area contributed by atoms with Gasteiger partial charge < -0.3 is 9.58 Å². The number of nitrogens with zero attached hydrogens (tertiary/aromatic N) is 1. The first-order valence-electron chi connectivity index (χ1n) is 10.9. The van der Waals surface area contributed by atoms with Gasteiger partial charge in [-0.15, -0.1) is 0 Å². The summed E-state index contributed by atoms with van der Waals surface area (Å²) in [6.45, 7) is 15.4. The normalized spacial score (nSPS) is 51.3. The molecular formula is C23H35NO2. The molecule has 4 saturated carbocycles. The van der Waals surface area contributed by atoms with Crippen LogP contribution in [0.3, 0.4) is 0 Å². The van der Waals surface area contributed by atoms with Crippen molar-refractivity contribution in [3.8, 4) is 0 Å². The van der Waals surface area contributed by atoms with Gasteiger partial charge in [0.1, 0.15) is 6.10 Å². The van der Waals surface area contributed by atoms with E-state index in [0.717, 1.165) is 36.5 Å². The lowest BCUT2D eigenvalue weighted by Gasteiger charge is -2.61. The van der Waals surface area contributed by atoms with Gasteiger partial charge in [-0.1, -0.05) is 13.8 Å². The van der Waals surface area contributed by atoms with E-state index in [4.69, 9.17) is 11.3 Å². The topological polar surface area (TPSA) is 30.7 Å². The number of ether oxygens (including phenoxy) is 1. The zero-order chi connectivity index (χ0) is 18.5. The van der Waals surface area contributed by atoms with Crippen LogP contribution >= 0.6 is 0 Å². The van der Waals surface area contributed by atoms with Crippen molar-refractivity contribution >= 4 is 6.47 Å². The van der Waals surface area contributed by atoms with E-state index >= 15 is 0 Å². The van der Waals surface area contributed by atoms with Crippen molar-refractivity contribution < 1.29 is 9.53 Å². The molecule has 0 bridgehead atoms. The Morgan fingerprint density at radius 2 is 1.77 bits per heavy atom. The van der Waals surface area contributed by atoms with Gasteiger partial charge in [0.25, 0.3) is 6.47 Å². The molecule has 4 aliphatic rings. The van der Waals surface area contributed by atoms with Crippen molar-refractivity contribution in [2.75, 3.05) is 0 Å². The molecule has 4 rings (SSSR count). The average molecular weight is 358 g/mol. The summed E-state index contributed by atoms with van der Waals surface area (Å²) in [6.07, 6.45) is 11.5. The van der Waals surface area contributed by atoms with Crippen LogP contribution in [0, 0.1) is 47.0 Å². The van der Waals surface area contributed by atoms with E-state index in [9.17, 15) is 4.79 Å². The molecule has 3 nitrogen and oxygen atoms in total. The summed E-state index contributed by atoms with van der Waals surface area (Å²) in [6, 6.07) is 0.185. The lowest BCUT2D eigenvalue weighted by molar-refractivity contribution is -0.150. The molecule has 0 aromatic carbocycles. The van der Waals surface area contributed by atoms with Crippen molar-refractivity contribution in [3.05, 3.63) is 11.4 Å². The highest BCUT2D eigenvalue weighted by atomic mass is 16.5. The minimum absolute atomic E-state index is 0.159. The molecule has 0 aromatic heterocycles. The molecule has 0 aliphatic heterocycles. The fraction of sp³-hybridized carbons (Fsp3) is 0.913. The molecule has 144 valence electrons. The van der Waals surface area contributed by atoms with Crippen molar-refractivity contribution in [2.24, 2.45) is 40.4 Å². The summed E-state index contributed by atoms with van der Waals surface area (Å²) >= 11 is 0. The van der Waals surface area contributed by atoms with Crippen LogP contribution in [0.15, 0.2) is 0 Å². The zero-order valence-electron chi connectivity index (χ0n) is 16.7. The van der Waals surface area contributed by atoms with E-state index < -0.39 is 0 Å². The Morgan fingerprint density at radius 3 is 2.50 bits per heavy atom. The number of carbonyl (C=O) groups is 1. The molecule has 9 atom stereocenters. The van der Waals surface area contributed by atoms with Crippen LogP contribution in [-0.2, 0) is 9.53 Å². The Bertz CT molecular complexity index is 598. The molecule has 4 aliphatic carbocycles. The first-order chi connectivity index (χ1) is 12.4. The van der Waals surface area contributed by atoms with E-state index in [1.807, 2.05) is 0 Å². The molecule has 0 aromatic rings. The van der Waals surface area contributed by atoms with E-state index in [0.29, 0.717) is 23.2 Å². The molecule has 0 N–H and O–H groups in total. The molecule has 0 amide bonds. The molecular weight excluding hydrogens is 322 g/mol. The third-order valence-corrected chi connectivity index (χ3v) is 9.72. The maximum Gasteiger partial charge on any atom is 0.293 e. The van der Waals surface area contributed by atoms with Crippen molar-refractivity contribution in [2.45, 2.75) is 90.7 Å². The van der Waals surface area contributed by atoms with Gasteiger partial charge in [-0.3, -0.25) is 4.79 Å². The maximum absolute atomic E-state index is 10.8. The standard InChI is InChI=1S/C23H35NO2/c1-15(24-4)19-7-8-20-18-6-5-16-13-17(26-14-25)9-11-22(16,2)21(18)10-12-23(19,20)3/h14-21H,5-13H2,1-3H3/t15-,16+,17+,18+,19+,20-,21+,22+,23-/m1/s1. The van der Waals surface area contributed by atoms with E-state index in [1.54, 1.807) is 0 Å². The third kappa shape index (κ3) is 2.54. The van der Waals surface area contributed by atoms with Crippen LogP contribution in [0.2, 0.25) is 0 Å². The second kappa shape index (κ2) is 6.54. The van der Waals surface area contributed by atoms with Crippen LogP contribution in [0.4, 0.5) is 0 Å². The fourth-order valence-electron chi connectivity index (χ4n) is 8.34.